The number of aliphatic hydroxyl groups excluding tert-OH is 1. The van der Waals surface area contributed by atoms with Gasteiger partial charge in [-0.2, -0.15) is 5.10 Å². The van der Waals surface area contributed by atoms with E-state index in [0.29, 0.717) is 19.4 Å². The summed E-state index contributed by atoms with van der Waals surface area (Å²) in [6.45, 7) is 3.23. The van der Waals surface area contributed by atoms with Crippen LogP contribution in [0, 0.1) is 0 Å². The van der Waals surface area contributed by atoms with Crippen LogP contribution in [-0.2, 0) is 30.8 Å². The molecule has 2 N–H and O–H groups in total. The van der Waals surface area contributed by atoms with Crippen LogP contribution in [0.4, 0.5) is 0 Å². The zero-order chi connectivity index (χ0) is 19.3. The first-order valence-corrected chi connectivity index (χ1v) is 10.5. The highest BCUT2D eigenvalue weighted by Crippen LogP contribution is 2.26. The number of carbonyl (C=O) groups excluding carboxylic acids is 1. The molecule has 1 aromatic heterocycles. The third-order valence-electron chi connectivity index (χ3n) is 5.93. The molecule has 6 nitrogen and oxygen atoms in total. The molecule has 0 spiro atoms. The summed E-state index contributed by atoms with van der Waals surface area (Å²) in [4.78, 5) is 15.1. The van der Waals surface area contributed by atoms with Gasteiger partial charge >= 0.3 is 0 Å². The van der Waals surface area contributed by atoms with Crippen molar-refractivity contribution < 1.29 is 9.90 Å². The summed E-state index contributed by atoms with van der Waals surface area (Å²) in [6.07, 6.45) is 4.42. The van der Waals surface area contributed by atoms with Crippen molar-refractivity contribution in [3.05, 3.63) is 53.3 Å². The maximum atomic E-state index is 13.2. The third kappa shape index (κ3) is 4.45. The number of aromatic nitrogens is 2. The topological polar surface area (TPSA) is 70.4 Å². The predicted octanol–water partition coefficient (Wildman–Crippen LogP) is 2.25. The minimum atomic E-state index is -0.424. The first kappa shape index (κ1) is 19.2. The van der Waals surface area contributed by atoms with E-state index in [1.165, 1.54) is 5.69 Å². The summed E-state index contributed by atoms with van der Waals surface area (Å²) >= 11 is 0. The number of nitrogens with zero attached hydrogens (tertiary/aromatic N) is 3. The van der Waals surface area contributed by atoms with Gasteiger partial charge in [0.05, 0.1) is 30.1 Å². The van der Waals surface area contributed by atoms with Gasteiger partial charge in [-0.15, -0.1) is 0 Å². The number of fused-ring (bicyclic) bond motifs is 1. The Morgan fingerprint density at radius 3 is 2.86 bits per heavy atom. The summed E-state index contributed by atoms with van der Waals surface area (Å²) < 4.78 is 2.04. The van der Waals surface area contributed by atoms with Crippen LogP contribution in [0.3, 0.4) is 0 Å². The zero-order valence-electron chi connectivity index (χ0n) is 16.4. The number of hydrogen-bond acceptors (Lipinski definition) is 4. The van der Waals surface area contributed by atoms with Gasteiger partial charge in [0.1, 0.15) is 0 Å². The molecule has 150 valence electrons. The lowest BCUT2D eigenvalue weighted by atomic mass is 9.90. The molecule has 2 heterocycles. The number of carbonyl (C=O) groups is 1. The van der Waals surface area contributed by atoms with E-state index in [-0.39, 0.29) is 11.9 Å². The van der Waals surface area contributed by atoms with Gasteiger partial charge in [0.2, 0.25) is 5.91 Å². The second kappa shape index (κ2) is 8.88. The van der Waals surface area contributed by atoms with Crippen molar-refractivity contribution in [2.24, 2.45) is 0 Å². The van der Waals surface area contributed by atoms with Crippen LogP contribution in [0.2, 0.25) is 0 Å². The van der Waals surface area contributed by atoms with Crippen molar-refractivity contribution in [3.8, 4) is 0 Å². The molecule has 0 radical (unpaired) electrons. The molecule has 2 aromatic rings. The van der Waals surface area contributed by atoms with Gasteiger partial charge < -0.3 is 15.3 Å². The molecule has 2 atom stereocenters. The number of amides is 1. The van der Waals surface area contributed by atoms with Crippen molar-refractivity contribution in [1.29, 1.82) is 0 Å². The molecular formula is C22H30N4O2. The molecule has 2 aliphatic rings. The fourth-order valence-electron chi connectivity index (χ4n) is 4.38. The van der Waals surface area contributed by atoms with E-state index in [1.54, 1.807) is 0 Å². The highest BCUT2D eigenvalue weighted by atomic mass is 16.3. The van der Waals surface area contributed by atoms with Crippen molar-refractivity contribution in [2.75, 3.05) is 6.54 Å². The maximum absolute atomic E-state index is 13.2. The van der Waals surface area contributed by atoms with E-state index in [0.717, 1.165) is 56.6 Å². The normalized spacial score (nSPS) is 21.9. The average molecular weight is 383 g/mol. The lowest BCUT2D eigenvalue weighted by molar-refractivity contribution is -0.138. The third-order valence-corrected chi connectivity index (χ3v) is 5.93. The molecule has 4 rings (SSSR count). The Morgan fingerprint density at radius 1 is 1.25 bits per heavy atom. The molecule has 0 bridgehead atoms. The Bertz CT molecular complexity index is 766. The molecule has 1 amide bonds. The Hall–Kier alpha value is -2.18. The molecule has 6 heteroatoms. The van der Waals surface area contributed by atoms with Crippen LogP contribution in [0.25, 0.3) is 0 Å². The number of hydrogen-bond donors (Lipinski definition) is 2. The minimum Gasteiger partial charge on any atom is -0.391 e. The standard InChI is InChI=1S/C22H30N4O2/c27-21-9-5-4-8-20(21)25(16-17-6-2-1-3-7-17)22(28)11-10-18-14-19-15-23-12-13-26(19)24-18/h1-3,6-7,14,20-21,23,27H,4-5,8-13,15-16H2/t20-,21-/m1/s1. The molecular weight excluding hydrogens is 352 g/mol. The van der Waals surface area contributed by atoms with Gasteiger partial charge in [-0.25, -0.2) is 0 Å². The number of benzene rings is 1. The quantitative estimate of drug-likeness (QED) is 0.804. The molecule has 1 aliphatic heterocycles. The summed E-state index contributed by atoms with van der Waals surface area (Å²) in [5.74, 6) is 0.110. The highest BCUT2D eigenvalue weighted by Gasteiger charge is 2.31. The summed E-state index contributed by atoms with van der Waals surface area (Å²) in [6, 6.07) is 12.1. The Kier molecular flexibility index (Phi) is 6.07. The number of nitrogens with one attached hydrogen (secondary N) is 1. The van der Waals surface area contributed by atoms with Crippen molar-refractivity contribution >= 4 is 5.91 Å². The van der Waals surface area contributed by atoms with E-state index in [2.05, 4.69) is 16.5 Å². The Morgan fingerprint density at radius 2 is 2.07 bits per heavy atom. The molecule has 0 unspecified atom stereocenters. The highest BCUT2D eigenvalue weighted by molar-refractivity contribution is 5.77. The first-order chi connectivity index (χ1) is 13.7. The summed E-state index contributed by atoms with van der Waals surface area (Å²) in [5.41, 5.74) is 3.28. The zero-order valence-corrected chi connectivity index (χ0v) is 16.4. The van der Waals surface area contributed by atoms with Gasteiger partial charge in [0.15, 0.2) is 0 Å². The van der Waals surface area contributed by atoms with Crippen molar-refractivity contribution in [3.63, 3.8) is 0 Å². The van der Waals surface area contributed by atoms with Crippen LogP contribution < -0.4 is 5.32 Å². The van der Waals surface area contributed by atoms with E-state index in [9.17, 15) is 9.90 Å². The molecule has 28 heavy (non-hydrogen) atoms. The fourth-order valence-corrected chi connectivity index (χ4v) is 4.38. The fraction of sp³-hybridized carbons (Fsp3) is 0.545. The van der Waals surface area contributed by atoms with Crippen LogP contribution in [0.5, 0.6) is 0 Å². The number of aliphatic hydroxyl groups is 1. The second-order valence-corrected chi connectivity index (χ2v) is 7.95. The summed E-state index contributed by atoms with van der Waals surface area (Å²) in [7, 11) is 0. The van der Waals surface area contributed by atoms with Crippen molar-refractivity contribution in [1.82, 2.24) is 20.0 Å². The van der Waals surface area contributed by atoms with Crippen molar-refractivity contribution in [2.45, 2.75) is 70.3 Å². The Labute approximate surface area is 166 Å². The van der Waals surface area contributed by atoms with E-state index in [4.69, 9.17) is 0 Å². The van der Waals surface area contributed by atoms with Crippen LogP contribution in [0.15, 0.2) is 36.4 Å². The van der Waals surface area contributed by atoms with Crippen LogP contribution in [0.1, 0.15) is 49.1 Å². The molecule has 1 saturated carbocycles. The predicted molar refractivity (Wildman–Crippen MR) is 108 cm³/mol. The van der Waals surface area contributed by atoms with Gasteiger partial charge in [0.25, 0.3) is 0 Å². The van der Waals surface area contributed by atoms with E-state index < -0.39 is 6.10 Å². The number of rotatable bonds is 6. The maximum Gasteiger partial charge on any atom is 0.223 e. The Balaban J connectivity index is 1.45. The van der Waals surface area contributed by atoms with Gasteiger partial charge in [0, 0.05) is 32.5 Å². The number of aryl methyl sites for hydroxylation is 1. The van der Waals surface area contributed by atoms with E-state index in [1.807, 2.05) is 39.9 Å². The average Bonchev–Trinajstić information content (AvgIpc) is 3.15. The van der Waals surface area contributed by atoms with Gasteiger partial charge in [-0.3, -0.25) is 9.48 Å². The lowest BCUT2D eigenvalue weighted by Crippen LogP contribution is -2.48. The van der Waals surface area contributed by atoms with Crippen LogP contribution >= 0.6 is 0 Å². The van der Waals surface area contributed by atoms with Gasteiger partial charge in [-0.05, 0) is 24.5 Å². The minimum absolute atomic E-state index is 0.0825. The van der Waals surface area contributed by atoms with Gasteiger partial charge in [-0.1, -0.05) is 43.2 Å². The molecule has 0 saturated heterocycles. The smallest absolute Gasteiger partial charge is 0.223 e. The first-order valence-electron chi connectivity index (χ1n) is 10.5. The monoisotopic (exact) mass is 382 g/mol. The molecule has 1 fully saturated rings. The lowest BCUT2D eigenvalue weighted by Gasteiger charge is -2.38. The molecule has 1 aliphatic carbocycles. The molecule has 1 aromatic carbocycles. The summed E-state index contributed by atoms with van der Waals surface area (Å²) in [5, 5.41) is 18.5. The van der Waals surface area contributed by atoms with Crippen LogP contribution in [-0.4, -0.2) is 44.4 Å². The largest absolute Gasteiger partial charge is 0.391 e. The van der Waals surface area contributed by atoms with E-state index >= 15 is 0 Å². The SMILES string of the molecule is O=C(CCc1cc2n(n1)CCNC2)N(Cc1ccccc1)[C@@H]1CCCC[C@H]1O. The second-order valence-electron chi connectivity index (χ2n) is 7.95.